The number of hydrogen-bond acceptors (Lipinski definition) is 5. The van der Waals surface area contributed by atoms with Crippen LogP contribution in [0, 0.1) is 25.2 Å². The van der Waals surface area contributed by atoms with Gasteiger partial charge in [-0.3, -0.25) is 4.79 Å². The Morgan fingerprint density at radius 2 is 2.12 bits per heavy atom. The number of thioether (sulfide) groups is 1. The Bertz CT molecular complexity index is 1020. The Morgan fingerprint density at radius 1 is 1.35 bits per heavy atom. The molecule has 0 unspecified atom stereocenters. The van der Waals surface area contributed by atoms with E-state index in [1.807, 2.05) is 38.1 Å². The lowest BCUT2D eigenvalue weighted by Crippen LogP contribution is -2.14. The van der Waals surface area contributed by atoms with E-state index in [4.69, 9.17) is 4.98 Å². The number of pyridine rings is 1. The molecule has 0 saturated carbocycles. The van der Waals surface area contributed by atoms with Crippen molar-refractivity contribution in [3.05, 3.63) is 51.9 Å². The van der Waals surface area contributed by atoms with Crippen LogP contribution in [0.5, 0.6) is 0 Å². The number of nitrogens with one attached hydrogen (secondary N) is 1. The highest BCUT2D eigenvalue weighted by Gasteiger charge is 2.15. The second-order valence-electron chi connectivity index (χ2n) is 5.93. The minimum atomic E-state index is -0.121. The summed E-state index contributed by atoms with van der Waals surface area (Å²) in [4.78, 5) is 18.1. The minimum Gasteiger partial charge on any atom is -0.316 e. The van der Waals surface area contributed by atoms with E-state index in [1.165, 1.54) is 23.1 Å². The summed E-state index contributed by atoms with van der Waals surface area (Å²) < 4.78 is 0. The molecule has 0 aliphatic rings. The largest absolute Gasteiger partial charge is 0.316 e. The van der Waals surface area contributed by atoms with Gasteiger partial charge in [-0.2, -0.15) is 5.26 Å². The van der Waals surface area contributed by atoms with Gasteiger partial charge in [0, 0.05) is 10.3 Å². The molecule has 0 atom stereocenters. The van der Waals surface area contributed by atoms with Crippen LogP contribution in [0.15, 0.2) is 35.4 Å². The van der Waals surface area contributed by atoms with Crippen molar-refractivity contribution in [3.8, 4) is 6.07 Å². The fourth-order valence-electron chi connectivity index (χ4n) is 2.67. The third-order valence-corrected chi connectivity index (χ3v) is 6.39. The quantitative estimate of drug-likeness (QED) is 0.626. The van der Waals surface area contributed by atoms with Crippen molar-refractivity contribution in [2.45, 2.75) is 32.2 Å². The van der Waals surface area contributed by atoms with E-state index in [0.29, 0.717) is 10.6 Å². The molecule has 1 aromatic carbocycles. The fraction of sp³-hybridized carbons (Fsp3) is 0.250. The first-order valence-electron chi connectivity index (χ1n) is 8.34. The predicted molar refractivity (Wildman–Crippen MR) is 109 cm³/mol. The van der Waals surface area contributed by atoms with Crippen molar-refractivity contribution in [2.24, 2.45) is 0 Å². The van der Waals surface area contributed by atoms with Gasteiger partial charge < -0.3 is 5.32 Å². The highest BCUT2D eigenvalue weighted by Crippen LogP contribution is 2.32. The van der Waals surface area contributed by atoms with Gasteiger partial charge >= 0.3 is 0 Å². The molecule has 0 fully saturated rings. The van der Waals surface area contributed by atoms with Crippen molar-refractivity contribution in [2.75, 3.05) is 11.1 Å². The average Bonchev–Trinajstić information content (AvgIpc) is 2.91. The zero-order valence-electron chi connectivity index (χ0n) is 14.9. The lowest BCUT2D eigenvalue weighted by molar-refractivity contribution is -0.113. The third-order valence-electron chi connectivity index (χ3n) is 4.23. The third kappa shape index (κ3) is 3.74. The highest BCUT2D eigenvalue weighted by atomic mass is 32.2. The summed E-state index contributed by atoms with van der Waals surface area (Å²) in [5.41, 5.74) is 3.57. The van der Waals surface area contributed by atoms with Crippen LogP contribution in [0.3, 0.4) is 0 Å². The van der Waals surface area contributed by atoms with Gasteiger partial charge in [0.15, 0.2) is 0 Å². The first kappa shape index (κ1) is 18.4. The number of fused-ring (bicyclic) bond motifs is 1. The summed E-state index contributed by atoms with van der Waals surface area (Å²) in [6.07, 6.45) is 0.865. The van der Waals surface area contributed by atoms with E-state index < -0.39 is 0 Å². The molecular weight excluding hydrogens is 362 g/mol. The van der Waals surface area contributed by atoms with Gasteiger partial charge in [-0.05, 0) is 43.5 Å². The number of hydrogen-bond donors (Lipinski definition) is 1. The summed E-state index contributed by atoms with van der Waals surface area (Å²) in [7, 11) is 0. The fourth-order valence-corrected chi connectivity index (χ4v) is 4.59. The zero-order valence-corrected chi connectivity index (χ0v) is 16.6. The van der Waals surface area contributed by atoms with Crippen molar-refractivity contribution in [3.63, 3.8) is 0 Å². The smallest absolute Gasteiger partial charge is 0.235 e. The number of aryl methyl sites for hydroxylation is 2. The number of thiophene rings is 1. The Morgan fingerprint density at radius 3 is 2.85 bits per heavy atom. The molecule has 132 valence electrons. The SMILES string of the molecule is CCc1cc2ccccc2nc1SCC(=O)Nc1sc(C)c(C)c1C#N. The number of carbonyl (C=O) groups excluding carboxylic acids is 1. The van der Waals surface area contributed by atoms with E-state index >= 15 is 0 Å². The van der Waals surface area contributed by atoms with Gasteiger partial charge in [0.05, 0.1) is 16.8 Å². The maximum absolute atomic E-state index is 12.4. The molecule has 0 spiro atoms. The van der Waals surface area contributed by atoms with Gasteiger partial charge in [-0.15, -0.1) is 11.3 Å². The minimum absolute atomic E-state index is 0.121. The first-order chi connectivity index (χ1) is 12.5. The van der Waals surface area contributed by atoms with Gasteiger partial charge in [0.25, 0.3) is 0 Å². The van der Waals surface area contributed by atoms with Crippen molar-refractivity contribution in [1.29, 1.82) is 5.26 Å². The summed E-state index contributed by atoms with van der Waals surface area (Å²) in [5, 5.41) is 14.8. The molecule has 2 heterocycles. The van der Waals surface area contributed by atoms with Crippen LogP contribution in [0.2, 0.25) is 0 Å². The van der Waals surface area contributed by atoms with E-state index in [2.05, 4.69) is 24.4 Å². The molecule has 0 saturated heterocycles. The molecule has 6 heteroatoms. The molecule has 3 rings (SSSR count). The number of aromatic nitrogens is 1. The van der Waals surface area contributed by atoms with Crippen LogP contribution in [0.4, 0.5) is 5.00 Å². The monoisotopic (exact) mass is 381 g/mol. The standard InChI is InChI=1S/C20H19N3OS2/c1-4-14-9-15-7-5-6-8-17(15)22-19(14)25-11-18(24)23-20-16(10-21)12(2)13(3)26-20/h5-9H,4,11H2,1-3H3,(H,23,24). The van der Waals surface area contributed by atoms with E-state index in [1.54, 1.807) is 0 Å². The highest BCUT2D eigenvalue weighted by molar-refractivity contribution is 8.00. The van der Waals surface area contributed by atoms with Gasteiger partial charge in [-0.25, -0.2) is 4.98 Å². The van der Waals surface area contributed by atoms with Crippen LogP contribution in [-0.4, -0.2) is 16.6 Å². The van der Waals surface area contributed by atoms with Crippen molar-refractivity contribution >= 4 is 44.9 Å². The summed E-state index contributed by atoms with van der Waals surface area (Å²) in [6.45, 7) is 5.95. The van der Waals surface area contributed by atoms with Gasteiger partial charge in [0.2, 0.25) is 5.91 Å². The summed E-state index contributed by atoms with van der Waals surface area (Å²) >= 11 is 2.88. The predicted octanol–water partition coefficient (Wildman–Crippen LogP) is 5.08. The zero-order chi connectivity index (χ0) is 18.7. The molecule has 1 N–H and O–H groups in total. The van der Waals surface area contributed by atoms with Crippen molar-refractivity contribution < 1.29 is 4.79 Å². The van der Waals surface area contributed by atoms with E-state index in [0.717, 1.165) is 38.4 Å². The molecule has 3 aromatic rings. The number of benzene rings is 1. The first-order valence-corrected chi connectivity index (χ1v) is 10.1. The van der Waals surface area contributed by atoms with Crippen LogP contribution in [-0.2, 0) is 11.2 Å². The lowest BCUT2D eigenvalue weighted by Gasteiger charge is -2.09. The van der Waals surface area contributed by atoms with E-state index in [9.17, 15) is 10.1 Å². The van der Waals surface area contributed by atoms with Crippen LogP contribution >= 0.6 is 23.1 Å². The van der Waals surface area contributed by atoms with Crippen LogP contribution in [0.1, 0.15) is 28.5 Å². The average molecular weight is 382 g/mol. The summed E-state index contributed by atoms with van der Waals surface area (Å²) in [5.74, 6) is 0.143. The number of nitrogens with zero attached hydrogens (tertiary/aromatic N) is 2. The number of para-hydroxylation sites is 1. The maximum atomic E-state index is 12.4. The Balaban J connectivity index is 1.75. The second-order valence-corrected chi connectivity index (χ2v) is 8.12. The number of carbonyl (C=O) groups is 1. The molecule has 2 aromatic heterocycles. The summed E-state index contributed by atoms with van der Waals surface area (Å²) in [6, 6.07) is 12.3. The Labute approximate surface area is 161 Å². The second kappa shape index (κ2) is 7.90. The molecule has 0 aliphatic heterocycles. The number of rotatable bonds is 5. The normalized spacial score (nSPS) is 10.7. The van der Waals surface area contributed by atoms with Crippen LogP contribution in [0.25, 0.3) is 10.9 Å². The Kier molecular flexibility index (Phi) is 5.60. The molecule has 26 heavy (non-hydrogen) atoms. The number of amides is 1. The van der Waals surface area contributed by atoms with Crippen molar-refractivity contribution in [1.82, 2.24) is 4.98 Å². The van der Waals surface area contributed by atoms with Gasteiger partial charge in [0.1, 0.15) is 16.1 Å². The van der Waals surface area contributed by atoms with Gasteiger partial charge in [-0.1, -0.05) is 36.9 Å². The topological polar surface area (TPSA) is 65.8 Å². The molecule has 4 nitrogen and oxygen atoms in total. The molecule has 1 amide bonds. The van der Waals surface area contributed by atoms with E-state index in [-0.39, 0.29) is 11.7 Å². The maximum Gasteiger partial charge on any atom is 0.235 e. The molecule has 0 radical (unpaired) electrons. The van der Waals surface area contributed by atoms with Crippen LogP contribution < -0.4 is 5.32 Å². The molecule has 0 aliphatic carbocycles. The lowest BCUT2D eigenvalue weighted by atomic mass is 10.1. The molecule has 0 bridgehead atoms. The Hall–Kier alpha value is -2.36. The number of anilines is 1. The molecular formula is C20H19N3OS2. The number of nitriles is 1.